The van der Waals surface area contributed by atoms with Crippen LogP contribution in [-0.4, -0.2) is 126 Å². The molecular weight excluding hydrogens is 1070 g/mol. The molecule has 27 heteroatoms. The smallest absolute Gasteiger partial charge is 0.312 e. The second kappa shape index (κ2) is 31.8. The lowest BCUT2D eigenvalue weighted by Crippen LogP contribution is -2.55. The molecule has 1 aliphatic heterocycles. The Balaban J connectivity index is 1.61. The summed E-state index contributed by atoms with van der Waals surface area (Å²) in [6, 6.07) is 9.49. The zero-order chi connectivity index (χ0) is 60.6. The number of rotatable bonds is 30. The largest absolute Gasteiger partial charge is 0.461 e. The van der Waals surface area contributed by atoms with Crippen LogP contribution in [0.15, 0.2) is 78.9 Å². The molecular formula is C55H70N12O15. The van der Waals surface area contributed by atoms with E-state index >= 15 is 0 Å². The highest BCUT2D eigenvalue weighted by Gasteiger charge is 2.32. The van der Waals surface area contributed by atoms with Crippen LogP contribution >= 0.6 is 0 Å². The van der Waals surface area contributed by atoms with E-state index in [0.29, 0.717) is 22.5 Å². The zero-order valence-corrected chi connectivity index (χ0v) is 46.3. The van der Waals surface area contributed by atoms with Crippen molar-refractivity contribution in [1.82, 2.24) is 36.8 Å². The maximum absolute atomic E-state index is 14.3. The molecule has 1 unspecified atom stereocenters. The number of benzene rings is 3. The number of nitrogens with two attached hydrogens (primary N) is 2. The zero-order valence-electron chi connectivity index (χ0n) is 46.3. The Kier molecular flexibility index (Phi) is 25.1. The fourth-order valence-corrected chi connectivity index (χ4v) is 7.86. The van der Waals surface area contributed by atoms with Crippen molar-refractivity contribution in [3.8, 4) is 0 Å². The first-order valence-corrected chi connectivity index (χ1v) is 26.1. The van der Waals surface area contributed by atoms with E-state index in [9.17, 15) is 62.3 Å². The number of nitrogens with zero attached hydrogens (tertiary/aromatic N) is 1. The number of esters is 2. The van der Waals surface area contributed by atoms with E-state index in [2.05, 4.69) is 47.9 Å². The SMILES string of the molecule is CC(=O)OCc1ccc(NC(=O)C(CCCNC(N)=O)NC(=O)[C@@H](NC(=O)c2cc(NC(=O)CCN3C(=O)C=CC3=O)cc(C(=O)N[C@H](C(=O)N[C@@H](CCCNC(N)=O)C(=O)Nc3ccc(COC(C)=O)cc3)C(C)C)c2)C(C)C)cc1. The summed E-state index contributed by atoms with van der Waals surface area (Å²) in [4.78, 5) is 168. The van der Waals surface area contributed by atoms with Crippen LogP contribution < -0.4 is 59.3 Å². The quantitative estimate of drug-likeness (QED) is 0.0257. The van der Waals surface area contributed by atoms with Crippen molar-refractivity contribution in [3.63, 3.8) is 0 Å². The third kappa shape index (κ3) is 21.9. The van der Waals surface area contributed by atoms with Crippen LogP contribution in [0.1, 0.15) is 105 Å². The summed E-state index contributed by atoms with van der Waals surface area (Å²) in [5, 5.41) is 23.5. The van der Waals surface area contributed by atoms with E-state index in [1.54, 1.807) is 76.2 Å². The molecule has 3 aromatic rings. The fourth-order valence-electron chi connectivity index (χ4n) is 7.86. The van der Waals surface area contributed by atoms with Crippen molar-refractivity contribution in [2.45, 2.75) is 111 Å². The van der Waals surface area contributed by atoms with Crippen molar-refractivity contribution in [3.05, 3.63) is 101 Å². The van der Waals surface area contributed by atoms with Crippen LogP contribution in [0.2, 0.25) is 0 Å². The Bertz CT molecular complexity index is 2710. The molecule has 0 aliphatic carbocycles. The Morgan fingerprint density at radius 1 is 0.512 bits per heavy atom. The fraction of sp³-hybridized carbons (Fsp3) is 0.400. The van der Waals surface area contributed by atoms with Crippen LogP contribution in [0.25, 0.3) is 0 Å². The van der Waals surface area contributed by atoms with Crippen molar-refractivity contribution in [2.24, 2.45) is 23.3 Å². The minimum absolute atomic E-state index is 0.00154. The molecule has 3 aromatic carbocycles. The first kappa shape index (κ1) is 64.8. The van der Waals surface area contributed by atoms with Gasteiger partial charge in [0.15, 0.2) is 0 Å². The van der Waals surface area contributed by atoms with Crippen LogP contribution in [0.5, 0.6) is 0 Å². The lowest BCUT2D eigenvalue weighted by Gasteiger charge is -2.26. The number of hydrogen-bond donors (Lipinski definition) is 11. The predicted octanol–water partition coefficient (Wildman–Crippen LogP) is 1.72. The number of imide groups is 1. The maximum Gasteiger partial charge on any atom is 0.312 e. The number of carbonyl (C=O) groups excluding carboxylic acids is 13. The van der Waals surface area contributed by atoms with Gasteiger partial charge in [-0.05, 0) is 91.1 Å². The van der Waals surface area contributed by atoms with Crippen molar-refractivity contribution in [1.29, 1.82) is 0 Å². The van der Waals surface area contributed by atoms with Crippen molar-refractivity contribution < 1.29 is 71.8 Å². The Hall–Kier alpha value is -9.69. The number of primary amides is 2. The normalized spacial score (nSPS) is 13.1. The number of hydrogen-bond acceptors (Lipinski definition) is 15. The highest BCUT2D eigenvalue weighted by Crippen LogP contribution is 2.20. The second-order valence-corrected chi connectivity index (χ2v) is 19.6. The Labute approximate surface area is 472 Å². The first-order chi connectivity index (χ1) is 38.8. The third-order valence-electron chi connectivity index (χ3n) is 12.2. The summed E-state index contributed by atoms with van der Waals surface area (Å²) in [5.41, 5.74) is 11.7. The van der Waals surface area contributed by atoms with Gasteiger partial charge in [0.1, 0.15) is 37.4 Å². The standard InChI is InChI=1S/C55H70N12O15/c1-30(2)46(52(77)63-41(9-7-22-58-54(56)79)50(75)61-38-15-11-34(12-16-38)28-81-32(5)68)65-48(73)36-25-37(27-40(26-36)60-43(70)21-24-67-44(71)19-20-45(67)72)49(74)66-47(31(3)4)53(78)64-42(10-8-23-59-55(57)80)51(76)62-39-17-13-35(14-18-39)29-82-33(6)69/h11-20,25-27,30-31,41-42,46-47H,7-10,21-24,28-29H2,1-6H3,(H,60,70)(H,61,75)(H,62,76)(H,63,77)(H,64,78)(H,65,73)(H,66,74)(H3,56,58,79)(H3,57,59,80)/t41-,42?,46-,47-/m0/s1. The summed E-state index contributed by atoms with van der Waals surface area (Å²) in [6.45, 7) is 8.78. The number of anilines is 3. The lowest BCUT2D eigenvalue weighted by atomic mass is 10.00. The molecule has 0 spiro atoms. The molecule has 0 radical (unpaired) electrons. The van der Waals surface area contributed by atoms with Crippen LogP contribution in [0.3, 0.4) is 0 Å². The van der Waals surface area contributed by atoms with Gasteiger partial charge in [0, 0.05) is 80.2 Å². The molecule has 440 valence electrons. The summed E-state index contributed by atoms with van der Waals surface area (Å²) >= 11 is 0. The molecule has 13 N–H and O–H groups in total. The average Bonchev–Trinajstić information content (AvgIpc) is 3.83. The van der Waals surface area contributed by atoms with Crippen molar-refractivity contribution in [2.75, 3.05) is 35.6 Å². The highest BCUT2D eigenvalue weighted by molar-refractivity contribution is 6.13. The monoisotopic (exact) mass is 1140 g/mol. The highest BCUT2D eigenvalue weighted by atomic mass is 16.5. The molecule has 13 amide bonds. The molecule has 0 saturated heterocycles. The van der Waals surface area contributed by atoms with Gasteiger partial charge in [-0.25, -0.2) is 9.59 Å². The Morgan fingerprint density at radius 3 is 1.26 bits per heavy atom. The first-order valence-electron chi connectivity index (χ1n) is 26.1. The molecule has 1 aliphatic rings. The van der Waals surface area contributed by atoms with Gasteiger partial charge >= 0.3 is 24.0 Å². The summed E-state index contributed by atoms with van der Waals surface area (Å²) in [6.07, 6.45) is 2.04. The van der Waals surface area contributed by atoms with Crippen LogP contribution in [0.4, 0.5) is 26.7 Å². The number of carbonyl (C=O) groups is 13. The Morgan fingerprint density at radius 2 is 0.902 bits per heavy atom. The predicted molar refractivity (Wildman–Crippen MR) is 296 cm³/mol. The molecule has 4 rings (SSSR count). The number of urea groups is 2. The van der Waals surface area contributed by atoms with E-state index in [4.69, 9.17) is 20.9 Å². The molecule has 82 heavy (non-hydrogen) atoms. The van der Waals surface area contributed by atoms with E-state index in [0.717, 1.165) is 23.1 Å². The van der Waals surface area contributed by atoms with Crippen LogP contribution in [0, 0.1) is 11.8 Å². The maximum atomic E-state index is 14.3. The molecule has 4 atom stereocenters. The minimum atomic E-state index is -1.34. The third-order valence-corrected chi connectivity index (χ3v) is 12.2. The van der Waals surface area contributed by atoms with Gasteiger partial charge in [-0.15, -0.1) is 0 Å². The molecule has 0 bridgehead atoms. The second-order valence-electron chi connectivity index (χ2n) is 19.6. The summed E-state index contributed by atoms with van der Waals surface area (Å²) in [7, 11) is 0. The van der Waals surface area contributed by atoms with Gasteiger partial charge in [0.2, 0.25) is 29.5 Å². The number of amides is 13. The van der Waals surface area contributed by atoms with E-state index < -0.39 is 120 Å². The minimum Gasteiger partial charge on any atom is -0.461 e. The summed E-state index contributed by atoms with van der Waals surface area (Å²) < 4.78 is 10.0. The number of ether oxygens (including phenoxy) is 2. The van der Waals surface area contributed by atoms with Crippen LogP contribution in [-0.2, 0) is 65.8 Å². The molecule has 0 aromatic heterocycles. The molecule has 1 heterocycles. The van der Waals surface area contributed by atoms with E-state index in [1.807, 2.05) is 0 Å². The van der Waals surface area contributed by atoms with Gasteiger partial charge in [-0.2, -0.15) is 0 Å². The topological polar surface area (TPSA) is 404 Å². The summed E-state index contributed by atoms with van der Waals surface area (Å²) in [5.74, 6) is -9.03. The van der Waals surface area contributed by atoms with Gasteiger partial charge in [-0.3, -0.25) is 57.6 Å². The van der Waals surface area contributed by atoms with Gasteiger partial charge < -0.3 is 68.8 Å². The van der Waals surface area contributed by atoms with Gasteiger partial charge in [0.25, 0.3) is 23.6 Å². The molecule has 0 fully saturated rings. The van der Waals surface area contributed by atoms with Gasteiger partial charge in [0.05, 0.1) is 0 Å². The van der Waals surface area contributed by atoms with E-state index in [1.165, 1.54) is 26.0 Å². The average molecular weight is 1140 g/mol. The lowest BCUT2D eigenvalue weighted by molar-refractivity contribution is -0.143. The number of nitrogens with one attached hydrogen (secondary N) is 9. The molecule has 27 nitrogen and oxygen atoms in total. The molecule has 0 saturated carbocycles. The van der Waals surface area contributed by atoms with Crippen molar-refractivity contribution >= 4 is 94.2 Å². The van der Waals surface area contributed by atoms with E-state index in [-0.39, 0.29) is 75.3 Å². The van der Waals surface area contributed by atoms with Gasteiger partial charge in [-0.1, -0.05) is 52.0 Å².